The number of nitriles is 1. The number of fused-ring (bicyclic) bond motifs is 1. The topological polar surface area (TPSA) is 96.9 Å². The van der Waals surface area contributed by atoms with Gasteiger partial charge in [-0.3, -0.25) is 9.36 Å². The van der Waals surface area contributed by atoms with Crippen LogP contribution in [0.4, 0.5) is 5.95 Å². The van der Waals surface area contributed by atoms with E-state index in [-0.39, 0.29) is 17.4 Å². The lowest BCUT2D eigenvalue weighted by Crippen LogP contribution is -2.30. The van der Waals surface area contributed by atoms with Gasteiger partial charge in [0.1, 0.15) is 11.2 Å². The first kappa shape index (κ1) is 18.1. The van der Waals surface area contributed by atoms with Crippen LogP contribution in [0.1, 0.15) is 18.4 Å². The van der Waals surface area contributed by atoms with Crippen molar-refractivity contribution in [2.45, 2.75) is 25.5 Å². The van der Waals surface area contributed by atoms with Gasteiger partial charge >= 0.3 is 0 Å². The maximum atomic E-state index is 13.3. The molecule has 0 bridgehead atoms. The van der Waals surface area contributed by atoms with Crippen LogP contribution in [0.2, 0.25) is 0 Å². The van der Waals surface area contributed by atoms with E-state index in [1.165, 1.54) is 0 Å². The Hall–Kier alpha value is -3.31. The van der Waals surface area contributed by atoms with Gasteiger partial charge in [-0.1, -0.05) is 12.1 Å². The average Bonchev–Trinajstić information content (AvgIpc) is 3.22. The minimum absolute atomic E-state index is 0.0284. The predicted octanol–water partition coefficient (Wildman–Crippen LogP) is 1.97. The largest absolute Gasteiger partial charge is 0.376 e. The van der Waals surface area contributed by atoms with Crippen LogP contribution in [0.3, 0.4) is 0 Å². The first-order valence-corrected chi connectivity index (χ1v) is 9.14. The Morgan fingerprint density at radius 1 is 1.36 bits per heavy atom. The molecule has 8 nitrogen and oxygen atoms in total. The van der Waals surface area contributed by atoms with Gasteiger partial charge in [-0.15, -0.1) is 0 Å². The van der Waals surface area contributed by atoms with Crippen LogP contribution >= 0.6 is 0 Å². The van der Waals surface area contributed by atoms with Crippen LogP contribution in [0.5, 0.6) is 0 Å². The summed E-state index contributed by atoms with van der Waals surface area (Å²) in [6, 6.07) is 8.99. The molecule has 2 aromatic heterocycles. The summed E-state index contributed by atoms with van der Waals surface area (Å²) in [5.41, 5.74) is 2.12. The number of anilines is 1. The number of ether oxygens (including phenoxy) is 1. The molecule has 0 radical (unpaired) electrons. The predicted molar refractivity (Wildman–Crippen MR) is 105 cm³/mol. The second-order valence-electron chi connectivity index (χ2n) is 6.98. The third-order valence-corrected chi connectivity index (χ3v) is 4.75. The molecule has 3 aromatic rings. The minimum Gasteiger partial charge on any atom is -0.376 e. The normalized spacial score (nSPS) is 16.2. The van der Waals surface area contributed by atoms with Crippen LogP contribution in [-0.2, 0) is 11.3 Å². The van der Waals surface area contributed by atoms with Crippen molar-refractivity contribution in [2.24, 2.45) is 0 Å². The number of aromatic nitrogens is 4. The zero-order valence-corrected chi connectivity index (χ0v) is 15.8. The fourth-order valence-electron chi connectivity index (χ4n) is 3.33. The summed E-state index contributed by atoms with van der Waals surface area (Å²) < 4.78 is 7.37. The van der Waals surface area contributed by atoms with Gasteiger partial charge in [-0.05, 0) is 25.0 Å². The molecular weight excluding hydrogens is 356 g/mol. The molecule has 1 fully saturated rings. The van der Waals surface area contributed by atoms with Crippen molar-refractivity contribution < 1.29 is 4.74 Å². The number of benzene rings is 1. The Bertz CT molecular complexity index is 1130. The van der Waals surface area contributed by atoms with E-state index >= 15 is 0 Å². The van der Waals surface area contributed by atoms with E-state index in [1.54, 1.807) is 39.9 Å². The summed E-state index contributed by atoms with van der Waals surface area (Å²) in [4.78, 5) is 28.5. The number of nitrogens with zero attached hydrogens (tertiary/aromatic N) is 6. The van der Waals surface area contributed by atoms with Gasteiger partial charge in [0, 0.05) is 26.3 Å². The van der Waals surface area contributed by atoms with Crippen LogP contribution in [-0.4, -0.2) is 46.3 Å². The highest BCUT2D eigenvalue weighted by molar-refractivity contribution is 5.75. The van der Waals surface area contributed by atoms with E-state index in [2.05, 4.69) is 21.0 Å². The fourth-order valence-corrected chi connectivity index (χ4v) is 3.33. The molecular formula is C20H20N6O2. The zero-order valence-electron chi connectivity index (χ0n) is 15.8. The molecule has 0 spiro atoms. The summed E-state index contributed by atoms with van der Waals surface area (Å²) in [7, 11) is 3.69. The Morgan fingerprint density at radius 3 is 2.93 bits per heavy atom. The molecule has 0 unspecified atom stereocenters. The van der Waals surface area contributed by atoms with Gasteiger partial charge in [-0.2, -0.15) is 10.2 Å². The SMILES string of the molecule is CN(C)c1ncc2nc(-c3cccc(C#N)c3)c(=O)n(C[C@H]3CCCO3)c2n1. The lowest BCUT2D eigenvalue weighted by atomic mass is 10.1. The summed E-state index contributed by atoms with van der Waals surface area (Å²) in [5, 5.41) is 9.18. The van der Waals surface area contributed by atoms with Crippen molar-refractivity contribution in [3.63, 3.8) is 0 Å². The van der Waals surface area contributed by atoms with Gasteiger partial charge < -0.3 is 9.64 Å². The monoisotopic (exact) mass is 376 g/mol. The first-order chi connectivity index (χ1) is 13.6. The van der Waals surface area contributed by atoms with Crippen LogP contribution in [0, 0.1) is 11.3 Å². The summed E-state index contributed by atoms with van der Waals surface area (Å²) >= 11 is 0. The highest BCUT2D eigenvalue weighted by atomic mass is 16.5. The molecule has 1 saturated heterocycles. The quantitative estimate of drug-likeness (QED) is 0.687. The molecule has 3 heterocycles. The van der Waals surface area contributed by atoms with Crippen molar-refractivity contribution >= 4 is 17.1 Å². The van der Waals surface area contributed by atoms with Gasteiger partial charge in [0.25, 0.3) is 5.56 Å². The Labute approximate surface area is 162 Å². The standard InChI is InChI=1S/C20H20N6O2/c1-25(2)20-22-11-16-18(24-20)26(12-15-7-4-8-28-15)19(27)17(23-16)14-6-3-5-13(9-14)10-21/h3,5-6,9,11,15H,4,7-8,12H2,1-2H3/t15-/m1/s1. The smallest absolute Gasteiger partial charge is 0.278 e. The molecule has 0 aliphatic carbocycles. The molecule has 0 amide bonds. The van der Waals surface area contributed by atoms with Crippen molar-refractivity contribution in [2.75, 3.05) is 25.6 Å². The number of hydrogen-bond donors (Lipinski definition) is 0. The molecule has 1 aliphatic heterocycles. The summed E-state index contributed by atoms with van der Waals surface area (Å²) in [6.07, 6.45) is 3.48. The third-order valence-electron chi connectivity index (χ3n) is 4.75. The van der Waals surface area contributed by atoms with Crippen LogP contribution in [0.25, 0.3) is 22.4 Å². The van der Waals surface area contributed by atoms with E-state index in [0.717, 1.165) is 12.8 Å². The summed E-state index contributed by atoms with van der Waals surface area (Å²) in [6.45, 7) is 1.12. The van der Waals surface area contributed by atoms with Gasteiger partial charge in [0.05, 0.1) is 30.5 Å². The zero-order chi connectivity index (χ0) is 19.7. The highest BCUT2D eigenvalue weighted by Crippen LogP contribution is 2.21. The molecule has 8 heteroatoms. The molecule has 142 valence electrons. The van der Waals surface area contributed by atoms with Crippen LogP contribution in [0.15, 0.2) is 35.3 Å². The minimum atomic E-state index is -0.249. The van der Waals surface area contributed by atoms with Gasteiger partial charge in [-0.25, -0.2) is 9.97 Å². The fraction of sp³-hybridized carbons (Fsp3) is 0.350. The Kier molecular flexibility index (Phi) is 4.75. The highest BCUT2D eigenvalue weighted by Gasteiger charge is 2.21. The van der Waals surface area contributed by atoms with Crippen molar-refractivity contribution in [3.8, 4) is 17.3 Å². The van der Waals surface area contributed by atoms with Gasteiger partial charge in [0.15, 0.2) is 5.65 Å². The Balaban J connectivity index is 1.94. The van der Waals surface area contributed by atoms with Crippen LogP contribution < -0.4 is 10.5 Å². The molecule has 28 heavy (non-hydrogen) atoms. The van der Waals surface area contributed by atoms with E-state index in [4.69, 9.17) is 4.74 Å². The van der Waals surface area contributed by atoms with Gasteiger partial charge in [0.2, 0.25) is 5.95 Å². The third kappa shape index (κ3) is 3.32. The van der Waals surface area contributed by atoms with Crippen molar-refractivity contribution in [1.29, 1.82) is 5.26 Å². The van der Waals surface area contributed by atoms with E-state index in [1.807, 2.05) is 14.1 Å². The lowest BCUT2D eigenvalue weighted by molar-refractivity contribution is 0.0971. The molecule has 1 aromatic carbocycles. The molecule has 0 saturated carbocycles. The number of hydrogen-bond acceptors (Lipinski definition) is 7. The maximum Gasteiger partial charge on any atom is 0.278 e. The van der Waals surface area contributed by atoms with Crippen molar-refractivity contribution in [3.05, 3.63) is 46.4 Å². The molecule has 0 N–H and O–H groups in total. The average molecular weight is 376 g/mol. The maximum absolute atomic E-state index is 13.3. The molecule has 4 rings (SSSR count). The van der Waals surface area contributed by atoms with E-state index in [0.29, 0.717) is 41.4 Å². The van der Waals surface area contributed by atoms with E-state index in [9.17, 15) is 10.1 Å². The second-order valence-corrected chi connectivity index (χ2v) is 6.98. The molecule has 1 aliphatic rings. The van der Waals surface area contributed by atoms with Crippen molar-refractivity contribution in [1.82, 2.24) is 19.5 Å². The number of rotatable bonds is 4. The Morgan fingerprint density at radius 2 is 2.21 bits per heavy atom. The first-order valence-electron chi connectivity index (χ1n) is 9.14. The second kappa shape index (κ2) is 7.37. The summed E-state index contributed by atoms with van der Waals surface area (Å²) in [5.74, 6) is 0.508. The molecule has 1 atom stereocenters. The van der Waals surface area contributed by atoms with E-state index < -0.39 is 0 Å². The lowest BCUT2D eigenvalue weighted by Gasteiger charge is -2.17.